The molecule has 1 aliphatic carbocycles. The number of alkyl carbamates (subject to hydrolysis) is 1. The van der Waals surface area contributed by atoms with Crippen molar-refractivity contribution in [2.45, 2.75) is 46.1 Å². The van der Waals surface area contributed by atoms with E-state index < -0.39 is 0 Å². The van der Waals surface area contributed by atoms with E-state index in [1.807, 2.05) is 0 Å². The van der Waals surface area contributed by atoms with Crippen LogP contribution in [-0.4, -0.2) is 32.5 Å². The molecule has 4 nitrogen and oxygen atoms in total. The Kier molecular flexibility index (Phi) is 6.47. The molecule has 0 saturated heterocycles. The second-order valence-electron chi connectivity index (χ2n) is 5.69. The summed E-state index contributed by atoms with van der Waals surface area (Å²) in [5.41, 5.74) is 0. The van der Waals surface area contributed by atoms with Crippen LogP contribution in [0, 0.1) is 17.8 Å². The van der Waals surface area contributed by atoms with E-state index in [1.54, 1.807) is 7.11 Å². The minimum atomic E-state index is -0.309. The van der Waals surface area contributed by atoms with Crippen molar-refractivity contribution in [2.24, 2.45) is 17.8 Å². The number of nitrogens with one attached hydrogen (secondary N) is 1. The highest BCUT2D eigenvalue weighted by Crippen LogP contribution is 2.35. The minimum Gasteiger partial charge on any atom is -0.446 e. The third-order valence-corrected chi connectivity index (χ3v) is 3.80. The number of hydrogen-bond donors (Lipinski definition) is 1. The van der Waals surface area contributed by atoms with Gasteiger partial charge in [0.25, 0.3) is 0 Å². The fourth-order valence-electron chi connectivity index (χ4n) is 2.68. The van der Waals surface area contributed by atoms with Gasteiger partial charge in [-0.3, -0.25) is 0 Å². The summed E-state index contributed by atoms with van der Waals surface area (Å²) in [4.78, 5) is 11.7. The fourth-order valence-corrected chi connectivity index (χ4v) is 2.68. The second kappa shape index (κ2) is 7.62. The third kappa shape index (κ3) is 4.84. The SMILES string of the molecule is COCCNC(=O)OC1CC(C)CCC1C(C)C. The molecular formula is C14H27NO3. The lowest BCUT2D eigenvalue weighted by molar-refractivity contribution is 0.00562. The third-order valence-electron chi connectivity index (χ3n) is 3.80. The van der Waals surface area contributed by atoms with Crippen LogP contribution in [-0.2, 0) is 9.47 Å². The van der Waals surface area contributed by atoms with E-state index in [4.69, 9.17) is 9.47 Å². The largest absolute Gasteiger partial charge is 0.446 e. The number of ether oxygens (including phenoxy) is 2. The molecule has 1 aliphatic rings. The average molecular weight is 257 g/mol. The van der Waals surface area contributed by atoms with Gasteiger partial charge in [-0.05, 0) is 30.6 Å². The highest BCUT2D eigenvalue weighted by molar-refractivity contribution is 5.67. The maximum Gasteiger partial charge on any atom is 0.407 e. The standard InChI is InChI=1S/C14H27NO3/c1-10(2)12-6-5-11(3)9-13(12)18-14(16)15-7-8-17-4/h10-13H,5-9H2,1-4H3,(H,15,16). The number of amides is 1. The van der Waals surface area contributed by atoms with Crippen molar-refractivity contribution in [3.63, 3.8) is 0 Å². The van der Waals surface area contributed by atoms with Crippen LogP contribution in [0.25, 0.3) is 0 Å². The lowest BCUT2D eigenvalue weighted by Crippen LogP contribution is -2.39. The van der Waals surface area contributed by atoms with Gasteiger partial charge in [-0.25, -0.2) is 4.79 Å². The van der Waals surface area contributed by atoms with Gasteiger partial charge in [0.15, 0.2) is 0 Å². The molecule has 106 valence electrons. The van der Waals surface area contributed by atoms with Crippen molar-refractivity contribution in [1.82, 2.24) is 5.32 Å². The van der Waals surface area contributed by atoms with Gasteiger partial charge in [-0.1, -0.05) is 27.2 Å². The van der Waals surface area contributed by atoms with Crippen molar-refractivity contribution in [1.29, 1.82) is 0 Å². The van der Waals surface area contributed by atoms with Gasteiger partial charge in [0.1, 0.15) is 6.10 Å². The normalized spacial score (nSPS) is 28.2. The summed E-state index contributed by atoms with van der Waals surface area (Å²) in [5, 5.41) is 2.72. The second-order valence-corrected chi connectivity index (χ2v) is 5.69. The van der Waals surface area contributed by atoms with Crippen LogP contribution in [0.2, 0.25) is 0 Å². The molecule has 0 aromatic carbocycles. The lowest BCUT2D eigenvalue weighted by Gasteiger charge is -2.36. The summed E-state index contributed by atoms with van der Waals surface area (Å²) in [6.07, 6.45) is 3.15. The molecule has 4 heteroatoms. The van der Waals surface area contributed by atoms with Crippen LogP contribution < -0.4 is 5.32 Å². The van der Waals surface area contributed by atoms with Gasteiger partial charge in [0.2, 0.25) is 0 Å². The lowest BCUT2D eigenvalue weighted by atomic mass is 9.75. The number of rotatable bonds is 5. The molecule has 0 radical (unpaired) electrons. The van der Waals surface area contributed by atoms with Gasteiger partial charge in [-0.15, -0.1) is 0 Å². The van der Waals surface area contributed by atoms with Crippen molar-refractivity contribution in [2.75, 3.05) is 20.3 Å². The van der Waals surface area contributed by atoms with E-state index in [9.17, 15) is 4.79 Å². The Labute approximate surface area is 110 Å². The molecule has 1 fully saturated rings. The minimum absolute atomic E-state index is 0.0660. The molecule has 1 amide bonds. The van der Waals surface area contributed by atoms with Crippen molar-refractivity contribution >= 4 is 6.09 Å². The highest BCUT2D eigenvalue weighted by atomic mass is 16.6. The average Bonchev–Trinajstić information content (AvgIpc) is 2.29. The predicted molar refractivity (Wildman–Crippen MR) is 71.5 cm³/mol. The van der Waals surface area contributed by atoms with E-state index in [0.29, 0.717) is 30.9 Å². The molecule has 1 rings (SSSR count). The summed E-state index contributed by atoms with van der Waals surface area (Å²) < 4.78 is 10.5. The summed E-state index contributed by atoms with van der Waals surface area (Å²) in [5.74, 6) is 1.71. The van der Waals surface area contributed by atoms with E-state index in [1.165, 1.54) is 6.42 Å². The van der Waals surface area contributed by atoms with Crippen LogP contribution in [0.1, 0.15) is 40.0 Å². The molecule has 1 saturated carbocycles. The summed E-state index contributed by atoms with van der Waals surface area (Å²) >= 11 is 0. The summed E-state index contributed by atoms with van der Waals surface area (Å²) in [6.45, 7) is 7.67. The zero-order chi connectivity index (χ0) is 13.5. The van der Waals surface area contributed by atoms with E-state index in [0.717, 1.165) is 12.8 Å². The van der Waals surface area contributed by atoms with Gasteiger partial charge in [0.05, 0.1) is 6.61 Å². The quantitative estimate of drug-likeness (QED) is 0.770. The molecule has 0 heterocycles. The smallest absolute Gasteiger partial charge is 0.407 e. The Balaban J connectivity index is 2.42. The van der Waals surface area contributed by atoms with E-state index in [-0.39, 0.29) is 12.2 Å². The van der Waals surface area contributed by atoms with E-state index in [2.05, 4.69) is 26.1 Å². The molecule has 3 atom stereocenters. The van der Waals surface area contributed by atoms with E-state index >= 15 is 0 Å². The first-order valence-corrected chi connectivity index (χ1v) is 6.98. The fraction of sp³-hybridized carbons (Fsp3) is 0.929. The van der Waals surface area contributed by atoms with Crippen molar-refractivity contribution < 1.29 is 14.3 Å². The van der Waals surface area contributed by atoms with Gasteiger partial charge in [-0.2, -0.15) is 0 Å². The molecule has 0 bridgehead atoms. The first-order valence-electron chi connectivity index (χ1n) is 6.98. The van der Waals surface area contributed by atoms with Crippen LogP contribution in [0.15, 0.2) is 0 Å². The Morgan fingerprint density at radius 3 is 2.72 bits per heavy atom. The highest BCUT2D eigenvalue weighted by Gasteiger charge is 2.33. The maximum absolute atomic E-state index is 11.7. The van der Waals surface area contributed by atoms with Crippen LogP contribution in [0.3, 0.4) is 0 Å². The van der Waals surface area contributed by atoms with Gasteiger partial charge >= 0.3 is 6.09 Å². The van der Waals surface area contributed by atoms with Crippen molar-refractivity contribution in [3.8, 4) is 0 Å². The van der Waals surface area contributed by atoms with Crippen LogP contribution in [0.4, 0.5) is 4.79 Å². The molecule has 3 unspecified atom stereocenters. The Hall–Kier alpha value is -0.770. The van der Waals surface area contributed by atoms with Crippen LogP contribution in [0.5, 0.6) is 0 Å². The Morgan fingerprint density at radius 2 is 2.11 bits per heavy atom. The molecule has 0 spiro atoms. The summed E-state index contributed by atoms with van der Waals surface area (Å²) in [6, 6.07) is 0. The van der Waals surface area contributed by atoms with Gasteiger partial charge < -0.3 is 14.8 Å². The molecule has 0 aliphatic heterocycles. The summed E-state index contributed by atoms with van der Waals surface area (Å²) in [7, 11) is 1.62. The molecular weight excluding hydrogens is 230 g/mol. The number of carbonyl (C=O) groups is 1. The zero-order valence-electron chi connectivity index (χ0n) is 12.1. The molecule has 18 heavy (non-hydrogen) atoms. The first kappa shape index (κ1) is 15.3. The maximum atomic E-state index is 11.7. The topological polar surface area (TPSA) is 47.6 Å². The number of hydrogen-bond acceptors (Lipinski definition) is 3. The first-order chi connectivity index (χ1) is 8.54. The molecule has 1 N–H and O–H groups in total. The van der Waals surface area contributed by atoms with Crippen molar-refractivity contribution in [3.05, 3.63) is 0 Å². The Morgan fingerprint density at radius 1 is 1.39 bits per heavy atom. The predicted octanol–water partition coefficient (Wildman–Crippen LogP) is 2.82. The zero-order valence-corrected chi connectivity index (χ0v) is 12.1. The van der Waals surface area contributed by atoms with Crippen LogP contribution >= 0.6 is 0 Å². The monoisotopic (exact) mass is 257 g/mol. The molecule has 0 aromatic rings. The number of carbonyl (C=O) groups excluding carboxylic acids is 1. The Bertz CT molecular complexity index is 255. The van der Waals surface area contributed by atoms with Gasteiger partial charge in [0, 0.05) is 13.7 Å². The number of methoxy groups -OCH3 is 1. The molecule has 0 aromatic heterocycles.